The van der Waals surface area contributed by atoms with Gasteiger partial charge in [-0.3, -0.25) is 4.79 Å². The maximum absolute atomic E-state index is 13.0. The van der Waals surface area contributed by atoms with Crippen molar-refractivity contribution in [2.75, 3.05) is 18.8 Å². The Hall–Kier alpha value is -1.90. The third-order valence-corrected chi connectivity index (χ3v) is 7.31. The number of hydrogen-bond acceptors (Lipinski definition) is 5. The highest BCUT2D eigenvalue weighted by Crippen LogP contribution is 2.37. The Morgan fingerprint density at radius 2 is 1.90 bits per heavy atom. The summed E-state index contributed by atoms with van der Waals surface area (Å²) in [4.78, 5) is 24.0. The smallest absolute Gasteiger partial charge is 0.371 e. The lowest BCUT2D eigenvalue weighted by atomic mass is 9.72. The van der Waals surface area contributed by atoms with Crippen LogP contribution in [-0.4, -0.2) is 53.5 Å². The zero-order chi connectivity index (χ0) is 21.7. The van der Waals surface area contributed by atoms with Gasteiger partial charge in [-0.2, -0.15) is 0 Å². The first-order valence-corrected chi connectivity index (χ1v) is 11.5. The summed E-state index contributed by atoms with van der Waals surface area (Å²) < 4.78 is 26.8. The number of nitrogens with zero attached hydrogens (tertiary/aromatic N) is 1. The summed E-state index contributed by atoms with van der Waals surface area (Å²) in [5.41, 5.74) is -0.381. The van der Waals surface area contributed by atoms with E-state index in [-0.39, 0.29) is 18.7 Å². The van der Waals surface area contributed by atoms with E-state index in [9.17, 15) is 23.1 Å². The number of carbonyl (C=O) groups excluding carboxylic acids is 1. The molecule has 0 aliphatic carbocycles. The minimum atomic E-state index is -3.53. The fourth-order valence-corrected chi connectivity index (χ4v) is 5.44. The molecule has 0 bridgehead atoms. The fourth-order valence-electron chi connectivity index (χ4n) is 3.55. The molecule has 29 heavy (non-hydrogen) atoms. The third kappa shape index (κ3) is 6.04. The molecule has 7 nitrogen and oxygen atoms in total. The highest BCUT2D eigenvalue weighted by molar-refractivity contribution is 7.89. The van der Waals surface area contributed by atoms with Gasteiger partial charge < -0.3 is 10.2 Å². The summed E-state index contributed by atoms with van der Waals surface area (Å²) in [7, 11) is -3.53. The van der Waals surface area contributed by atoms with Gasteiger partial charge in [-0.1, -0.05) is 37.1 Å². The molecule has 1 saturated heterocycles. The lowest BCUT2D eigenvalue weighted by Gasteiger charge is -2.40. The summed E-state index contributed by atoms with van der Waals surface area (Å²) in [6, 6.07) is 6.86. The number of aliphatic carboxylic acids is 1. The van der Waals surface area contributed by atoms with E-state index < -0.39 is 32.9 Å². The second kappa shape index (κ2) is 9.73. The number of rotatable bonds is 9. The van der Waals surface area contributed by atoms with Gasteiger partial charge in [0.15, 0.2) is 5.78 Å². The lowest BCUT2D eigenvalue weighted by molar-refractivity contribution is -0.136. The zero-order valence-corrected chi connectivity index (χ0v) is 17.9. The van der Waals surface area contributed by atoms with Crippen LogP contribution in [0, 0.1) is 5.41 Å². The van der Waals surface area contributed by atoms with Crippen molar-refractivity contribution in [2.45, 2.75) is 39.0 Å². The monoisotopic (exact) mass is 443 g/mol. The topological polar surface area (TPSA) is 112 Å². The maximum Gasteiger partial charge on any atom is 0.371 e. The number of allylic oxidation sites excluding steroid dienone is 1. The van der Waals surface area contributed by atoms with Crippen LogP contribution in [0.3, 0.4) is 0 Å². The first kappa shape index (κ1) is 23.4. The van der Waals surface area contributed by atoms with Crippen LogP contribution in [0.5, 0.6) is 0 Å². The number of carbonyl (C=O) groups is 2. The average Bonchev–Trinajstić information content (AvgIpc) is 2.68. The van der Waals surface area contributed by atoms with Crippen molar-refractivity contribution in [1.82, 2.24) is 4.31 Å². The molecule has 1 aliphatic heterocycles. The predicted octanol–water partition coefficient (Wildman–Crippen LogP) is 3.19. The van der Waals surface area contributed by atoms with Crippen molar-refractivity contribution in [2.24, 2.45) is 5.41 Å². The van der Waals surface area contributed by atoms with E-state index in [0.717, 1.165) is 12.0 Å². The van der Waals surface area contributed by atoms with Crippen molar-refractivity contribution in [3.05, 3.63) is 46.7 Å². The Kier molecular flexibility index (Phi) is 7.85. The van der Waals surface area contributed by atoms with Gasteiger partial charge in [0.05, 0.1) is 11.2 Å². The molecule has 1 unspecified atom stereocenters. The lowest BCUT2D eigenvalue weighted by Crippen LogP contribution is -2.51. The van der Waals surface area contributed by atoms with Crippen LogP contribution >= 0.6 is 11.6 Å². The molecule has 1 fully saturated rings. The number of hydrogen-bond donors (Lipinski definition) is 2. The maximum atomic E-state index is 13.0. The standard InChI is InChI=1S/C20H26ClNO6S/c1-2-3-11-29(27,28)22-10-4-9-20(14-22,18(24)12-17(23)19(25)26)13-15-5-7-16(21)8-6-15/h5-8,12,23H,2-4,9-11,13-14H2,1H3,(H,25,26)/b17-12-. The number of aliphatic hydroxyl groups is 1. The number of halogens is 1. The molecule has 1 aromatic carbocycles. The summed E-state index contributed by atoms with van der Waals surface area (Å²) in [5, 5.41) is 19.0. The van der Waals surface area contributed by atoms with Crippen LogP contribution < -0.4 is 0 Å². The molecule has 1 heterocycles. The molecule has 1 aliphatic rings. The molecular weight excluding hydrogens is 418 g/mol. The van der Waals surface area contributed by atoms with Crippen LogP contribution in [0.2, 0.25) is 5.02 Å². The van der Waals surface area contributed by atoms with Gasteiger partial charge in [0, 0.05) is 24.2 Å². The number of carboxylic acid groups (broad SMARTS) is 1. The van der Waals surface area contributed by atoms with Crippen LogP contribution in [0.1, 0.15) is 38.2 Å². The minimum absolute atomic E-state index is 0.00489. The second-order valence-electron chi connectivity index (χ2n) is 7.39. The zero-order valence-electron chi connectivity index (χ0n) is 16.3. The van der Waals surface area contributed by atoms with Crippen molar-refractivity contribution >= 4 is 33.4 Å². The van der Waals surface area contributed by atoms with Crippen LogP contribution in [0.4, 0.5) is 0 Å². The number of ketones is 1. The minimum Gasteiger partial charge on any atom is -0.502 e. The molecule has 0 aromatic heterocycles. The Morgan fingerprint density at radius 3 is 2.48 bits per heavy atom. The predicted molar refractivity (Wildman–Crippen MR) is 110 cm³/mol. The summed E-state index contributed by atoms with van der Waals surface area (Å²) >= 11 is 5.92. The van der Waals surface area contributed by atoms with Gasteiger partial charge in [0.2, 0.25) is 15.8 Å². The Morgan fingerprint density at radius 1 is 1.24 bits per heavy atom. The molecule has 0 amide bonds. The van der Waals surface area contributed by atoms with E-state index in [1.165, 1.54) is 4.31 Å². The molecule has 2 N–H and O–H groups in total. The van der Waals surface area contributed by atoms with E-state index in [1.54, 1.807) is 24.3 Å². The molecule has 1 atom stereocenters. The van der Waals surface area contributed by atoms with Crippen molar-refractivity contribution in [1.29, 1.82) is 0 Å². The summed E-state index contributed by atoms with van der Waals surface area (Å²) in [6.07, 6.45) is 3.02. The van der Waals surface area contributed by atoms with Gasteiger partial charge in [-0.15, -0.1) is 0 Å². The quantitative estimate of drug-likeness (QED) is 0.447. The van der Waals surface area contributed by atoms with Crippen molar-refractivity contribution in [3.63, 3.8) is 0 Å². The van der Waals surface area contributed by atoms with Gasteiger partial charge in [-0.05, 0) is 43.4 Å². The van der Waals surface area contributed by atoms with Crippen LogP contribution in [-0.2, 0) is 26.0 Å². The normalized spacial score (nSPS) is 21.1. The number of aliphatic hydroxyl groups excluding tert-OH is 1. The summed E-state index contributed by atoms with van der Waals surface area (Å²) in [5.74, 6) is -3.26. The molecule has 2 rings (SSSR count). The first-order valence-electron chi connectivity index (χ1n) is 9.50. The molecule has 160 valence electrons. The SMILES string of the molecule is CCCCS(=O)(=O)N1CCCC(Cc2ccc(Cl)cc2)(C(=O)/C=C(\O)C(=O)O)C1. The van der Waals surface area contributed by atoms with Gasteiger partial charge in [0.1, 0.15) is 0 Å². The second-order valence-corrected chi connectivity index (χ2v) is 9.91. The number of carboxylic acids is 1. The van der Waals surface area contributed by atoms with E-state index in [1.807, 2.05) is 6.92 Å². The molecule has 0 spiro atoms. The van der Waals surface area contributed by atoms with E-state index >= 15 is 0 Å². The molecule has 1 aromatic rings. The molecule has 0 saturated carbocycles. The molecule has 0 radical (unpaired) electrons. The van der Waals surface area contributed by atoms with E-state index in [0.29, 0.717) is 36.9 Å². The van der Waals surface area contributed by atoms with Crippen LogP contribution in [0.15, 0.2) is 36.1 Å². The third-order valence-electron chi connectivity index (χ3n) is 5.16. The Balaban J connectivity index is 2.40. The number of piperidine rings is 1. The Labute approximate surface area is 176 Å². The van der Waals surface area contributed by atoms with Gasteiger partial charge in [-0.25, -0.2) is 17.5 Å². The molecule has 9 heteroatoms. The van der Waals surface area contributed by atoms with E-state index in [4.69, 9.17) is 16.7 Å². The highest BCUT2D eigenvalue weighted by Gasteiger charge is 2.44. The number of sulfonamides is 1. The fraction of sp³-hybridized carbons (Fsp3) is 0.500. The largest absolute Gasteiger partial charge is 0.502 e. The van der Waals surface area contributed by atoms with E-state index in [2.05, 4.69) is 0 Å². The first-order chi connectivity index (χ1) is 13.6. The highest BCUT2D eigenvalue weighted by atomic mass is 35.5. The number of unbranched alkanes of at least 4 members (excludes halogenated alkanes) is 1. The molecular formula is C20H26ClNO6S. The number of benzene rings is 1. The van der Waals surface area contributed by atoms with Crippen molar-refractivity contribution in [3.8, 4) is 0 Å². The van der Waals surface area contributed by atoms with Gasteiger partial charge in [0.25, 0.3) is 0 Å². The Bertz CT molecular complexity index is 881. The van der Waals surface area contributed by atoms with Crippen LogP contribution in [0.25, 0.3) is 0 Å². The summed E-state index contributed by atoms with van der Waals surface area (Å²) in [6.45, 7) is 2.17. The average molecular weight is 444 g/mol. The van der Waals surface area contributed by atoms with Gasteiger partial charge >= 0.3 is 5.97 Å². The van der Waals surface area contributed by atoms with Crippen molar-refractivity contribution < 1.29 is 28.2 Å².